The normalized spacial score (nSPS) is 12.4. The van der Waals surface area contributed by atoms with Gasteiger partial charge in [0.25, 0.3) is 5.91 Å². The maximum absolute atomic E-state index is 12.1. The Bertz CT molecular complexity index is 518. The van der Waals surface area contributed by atoms with Crippen molar-refractivity contribution in [2.24, 2.45) is 0 Å². The van der Waals surface area contributed by atoms with Gasteiger partial charge >= 0.3 is 6.09 Å². The second-order valence-electron chi connectivity index (χ2n) is 6.72. The Morgan fingerprint density at radius 3 is 2.30 bits per heavy atom. The van der Waals surface area contributed by atoms with Crippen LogP contribution in [-0.2, 0) is 11.3 Å². The maximum Gasteiger partial charge on any atom is 0.407 e. The highest BCUT2D eigenvalue weighted by molar-refractivity contribution is 5.94. The van der Waals surface area contributed by atoms with E-state index in [4.69, 9.17) is 4.74 Å². The van der Waals surface area contributed by atoms with E-state index >= 15 is 0 Å². The highest BCUT2D eigenvalue weighted by atomic mass is 16.6. The van der Waals surface area contributed by atoms with Gasteiger partial charge in [-0.15, -0.1) is 0 Å². The van der Waals surface area contributed by atoms with Gasteiger partial charge in [-0.25, -0.2) is 4.79 Å². The molecular weight excluding hydrogens is 292 g/mol. The van der Waals surface area contributed by atoms with Crippen molar-refractivity contribution in [1.29, 1.82) is 0 Å². The molecule has 0 saturated carbocycles. The zero-order chi connectivity index (χ0) is 17.5. The Balaban J connectivity index is 2.50. The zero-order valence-corrected chi connectivity index (χ0v) is 14.7. The van der Waals surface area contributed by atoms with Crippen molar-refractivity contribution in [1.82, 2.24) is 10.6 Å². The van der Waals surface area contributed by atoms with Crippen LogP contribution in [-0.4, -0.2) is 23.6 Å². The summed E-state index contributed by atoms with van der Waals surface area (Å²) < 4.78 is 5.17. The number of carbonyl (C=O) groups is 2. The molecule has 0 aliphatic heterocycles. The summed E-state index contributed by atoms with van der Waals surface area (Å²) in [5.74, 6) is -0.0717. The van der Waals surface area contributed by atoms with Gasteiger partial charge in [-0.2, -0.15) is 0 Å². The first-order valence-corrected chi connectivity index (χ1v) is 8.08. The lowest BCUT2D eigenvalue weighted by molar-refractivity contribution is 0.0523. The van der Waals surface area contributed by atoms with Gasteiger partial charge in [-0.1, -0.05) is 25.5 Å². The predicted octanol–water partition coefficient (Wildman–Crippen LogP) is 3.63. The molecule has 5 nitrogen and oxygen atoms in total. The number of hydrogen-bond donors (Lipinski definition) is 2. The number of rotatable bonds is 6. The Hall–Kier alpha value is -2.04. The van der Waals surface area contributed by atoms with Crippen LogP contribution in [0.15, 0.2) is 24.3 Å². The maximum atomic E-state index is 12.1. The summed E-state index contributed by atoms with van der Waals surface area (Å²) in [5.41, 5.74) is 1.02. The van der Waals surface area contributed by atoms with Gasteiger partial charge < -0.3 is 15.4 Å². The summed E-state index contributed by atoms with van der Waals surface area (Å²) >= 11 is 0. The molecule has 0 fully saturated rings. The molecule has 2 amide bonds. The Morgan fingerprint density at radius 2 is 1.78 bits per heavy atom. The summed E-state index contributed by atoms with van der Waals surface area (Å²) in [6, 6.07) is 7.36. The number of carbonyl (C=O) groups excluding carboxylic acids is 2. The molecule has 1 unspecified atom stereocenters. The van der Waals surface area contributed by atoms with Crippen molar-refractivity contribution in [2.75, 3.05) is 0 Å². The smallest absolute Gasteiger partial charge is 0.407 e. The van der Waals surface area contributed by atoms with E-state index < -0.39 is 11.7 Å². The zero-order valence-electron chi connectivity index (χ0n) is 14.7. The number of nitrogens with one attached hydrogen (secondary N) is 2. The van der Waals surface area contributed by atoms with Gasteiger partial charge in [-0.3, -0.25) is 4.79 Å². The fraction of sp³-hybridized carbons (Fsp3) is 0.556. The highest BCUT2D eigenvalue weighted by Crippen LogP contribution is 2.08. The molecule has 1 aromatic carbocycles. The second kappa shape index (κ2) is 8.56. The first-order chi connectivity index (χ1) is 10.7. The van der Waals surface area contributed by atoms with E-state index in [1.165, 1.54) is 0 Å². The molecule has 0 aliphatic rings. The quantitative estimate of drug-likeness (QED) is 0.841. The summed E-state index contributed by atoms with van der Waals surface area (Å²) in [7, 11) is 0. The molecule has 2 N–H and O–H groups in total. The van der Waals surface area contributed by atoms with Gasteiger partial charge in [-0.05, 0) is 51.8 Å². The number of amides is 2. The Labute approximate surface area is 138 Å². The lowest BCUT2D eigenvalue weighted by atomic mass is 10.1. The summed E-state index contributed by atoms with van der Waals surface area (Å²) in [5, 5.41) is 5.66. The lowest BCUT2D eigenvalue weighted by Crippen LogP contribution is -2.32. The first-order valence-electron chi connectivity index (χ1n) is 8.08. The summed E-state index contributed by atoms with van der Waals surface area (Å²) in [4.78, 5) is 23.7. The van der Waals surface area contributed by atoms with Crippen LogP contribution >= 0.6 is 0 Å². The van der Waals surface area contributed by atoms with Crippen molar-refractivity contribution in [3.8, 4) is 0 Å². The summed E-state index contributed by atoms with van der Waals surface area (Å²) in [6.45, 7) is 9.91. The van der Waals surface area contributed by atoms with Crippen LogP contribution in [0.2, 0.25) is 0 Å². The second-order valence-corrected chi connectivity index (χ2v) is 6.72. The topological polar surface area (TPSA) is 67.4 Å². The van der Waals surface area contributed by atoms with Gasteiger partial charge in [0.1, 0.15) is 5.60 Å². The van der Waals surface area contributed by atoms with E-state index in [0.29, 0.717) is 12.1 Å². The van der Waals surface area contributed by atoms with Crippen molar-refractivity contribution >= 4 is 12.0 Å². The van der Waals surface area contributed by atoms with Gasteiger partial charge in [0.15, 0.2) is 0 Å². The van der Waals surface area contributed by atoms with E-state index in [9.17, 15) is 9.59 Å². The Morgan fingerprint density at radius 1 is 1.17 bits per heavy atom. The average Bonchev–Trinajstić information content (AvgIpc) is 2.44. The molecule has 0 aliphatic carbocycles. The van der Waals surface area contributed by atoms with E-state index in [1.54, 1.807) is 12.1 Å². The van der Waals surface area contributed by atoms with Gasteiger partial charge in [0, 0.05) is 18.2 Å². The molecule has 0 saturated heterocycles. The third-order valence-corrected chi connectivity index (χ3v) is 3.15. The monoisotopic (exact) mass is 320 g/mol. The van der Waals surface area contributed by atoms with Crippen molar-refractivity contribution in [3.63, 3.8) is 0 Å². The molecule has 0 spiro atoms. The molecule has 128 valence electrons. The van der Waals surface area contributed by atoms with Crippen molar-refractivity contribution < 1.29 is 14.3 Å². The number of ether oxygens (including phenoxy) is 1. The third-order valence-electron chi connectivity index (χ3n) is 3.15. The molecule has 1 atom stereocenters. The van der Waals surface area contributed by atoms with Gasteiger partial charge in [0.2, 0.25) is 0 Å². The van der Waals surface area contributed by atoms with Crippen molar-refractivity contribution in [3.05, 3.63) is 35.4 Å². The van der Waals surface area contributed by atoms with Crippen molar-refractivity contribution in [2.45, 2.75) is 65.6 Å². The van der Waals surface area contributed by atoms with Crippen LogP contribution in [0.1, 0.15) is 63.4 Å². The fourth-order valence-electron chi connectivity index (χ4n) is 2.07. The molecule has 1 aromatic rings. The minimum absolute atomic E-state index is 0.0717. The number of alkyl carbamates (subject to hydrolysis) is 1. The molecular formula is C18H28N2O3. The van der Waals surface area contributed by atoms with Crippen LogP contribution in [0.25, 0.3) is 0 Å². The van der Waals surface area contributed by atoms with E-state index in [1.807, 2.05) is 39.8 Å². The first kappa shape index (κ1) is 19.0. The van der Waals surface area contributed by atoms with Gasteiger partial charge in [0.05, 0.1) is 0 Å². The van der Waals surface area contributed by atoms with Crippen LogP contribution < -0.4 is 10.6 Å². The van der Waals surface area contributed by atoms with Crippen LogP contribution in [0.5, 0.6) is 0 Å². The molecule has 1 rings (SSSR count). The number of benzene rings is 1. The standard InChI is InChI=1S/C18H28N2O3/c1-6-7-13(2)20-16(21)15-10-8-14(9-11-15)12-19-17(22)23-18(3,4)5/h8-11,13H,6-7,12H2,1-5H3,(H,19,22)(H,20,21). The molecule has 0 heterocycles. The number of hydrogen-bond acceptors (Lipinski definition) is 3. The van der Waals surface area contributed by atoms with E-state index in [-0.39, 0.29) is 11.9 Å². The molecule has 23 heavy (non-hydrogen) atoms. The third kappa shape index (κ3) is 7.68. The Kier molecular flexibility index (Phi) is 7.07. The lowest BCUT2D eigenvalue weighted by Gasteiger charge is -2.19. The van der Waals surface area contributed by atoms with E-state index in [0.717, 1.165) is 18.4 Å². The van der Waals surface area contributed by atoms with Crippen LogP contribution in [0, 0.1) is 0 Å². The van der Waals surface area contributed by atoms with Crippen LogP contribution in [0.4, 0.5) is 4.79 Å². The fourth-order valence-corrected chi connectivity index (χ4v) is 2.07. The average molecular weight is 320 g/mol. The molecule has 0 aromatic heterocycles. The largest absolute Gasteiger partial charge is 0.444 e. The minimum atomic E-state index is -0.513. The van der Waals surface area contributed by atoms with E-state index in [2.05, 4.69) is 17.6 Å². The molecule has 0 radical (unpaired) electrons. The predicted molar refractivity (Wildman–Crippen MR) is 91.4 cm³/mol. The van der Waals surface area contributed by atoms with Crippen LogP contribution in [0.3, 0.4) is 0 Å². The minimum Gasteiger partial charge on any atom is -0.444 e. The highest BCUT2D eigenvalue weighted by Gasteiger charge is 2.15. The molecule has 5 heteroatoms. The SMILES string of the molecule is CCCC(C)NC(=O)c1ccc(CNC(=O)OC(C)(C)C)cc1. The summed E-state index contributed by atoms with van der Waals surface area (Å²) in [6.07, 6.45) is 1.55. The molecule has 0 bridgehead atoms.